The van der Waals surface area contributed by atoms with Gasteiger partial charge < -0.3 is 14.6 Å². The molecule has 0 spiro atoms. The highest BCUT2D eigenvalue weighted by Gasteiger charge is 2.26. The summed E-state index contributed by atoms with van der Waals surface area (Å²) in [6, 6.07) is 3.85. The Morgan fingerprint density at radius 2 is 2.39 bits per heavy atom. The first-order valence-electron chi connectivity index (χ1n) is 7.80. The van der Waals surface area contributed by atoms with Crippen molar-refractivity contribution in [2.45, 2.75) is 25.8 Å². The van der Waals surface area contributed by atoms with Gasteiger partial charge in [0.2, 0.25) is 0 Å². The molecule has 1 aliphatic rings. The fraction of sp³-hybridized carbons (Fsp3) is 0.500. The van der Waals surface area contributed by atoms with Gasteiger partial charge in [0.25, 0.3) is 0 Å². The number of guanidine groups is 1. The van der Waals surface area contributed by atoms with Crippen molar-refractivity contribution in [3.63, 3.8) is 0 Å². The lowest BCUT2D eigenvalue weighted by Gasteiger charge is -2.21. The van der Waals surface area contributed by atoms with E-state index >= 15 is 0 Å². The number of hydrogen-bond donors (Lipinski definition) is 1. The summed E-state index contributed by atoms with van der Waals surface area (Å²) in [5, 5.41) is 7.66. The molecule has 1 aliphatic heterocycles. The topological polar surface area (TPSA) is 58.6 Å². The normalized spacial score (nSPS) is 18.1. The van der Waals surface area contributed by atoms with Crippen molar-refractivity contribution in [3.8, 4) is 0 Å². The van der Waals surface area contributed by atoms with E-state index in [-0.39, 0.29) is 24.0 Å². The van der Waals surface area contributed by atoms with Crippen LogP contribution in [0.4, 0.5) is 0 Å². The van der Waals surface area contributed by atoms with E-state index in [1.165, 1.54) is 5.56 Å². The van der Waals surface area contributed by atoms with Crippen LogP contribution in [0.1, 0.15) is 30.6 Å². The van der Waals surface area contributed by atoms with Gasteiger partial charge in [0.1, 0.15) is 12.3 Å². The van der Waals surface area contributed by atoms with Crippen molar-refractivity contribution in [3.05, 3.63) is 42.1 Å². The molecular formula is C16H24IN5O. The van der Waals surface area contributed by atoms with Gasteiger partial charge in [0.15, 0.2) is 5.96 Å². The molecule has 7 heteroatoms. The largest absolute Gasteiger partial charge is 0.467 e. The van der Waals surface area contributed by atoms with Crippen molar-refractivity contribution in [2.24, 2.45) is 12.0 Å². The summed E-state index contributed by atoms with van der Waals surface area (Å²) in [5.74, 6) is 2.38. The van der Waals surface area contributed by atoms with Crippen LogP contribution in [-0.2, 0) is 13.6 Å². The number of aliphatic imine (C=N–C) groups is 1. The highest BCUT2D eigenvalue weighted by molar-refractivity contribution is 14.0. The van der Waals surface area contributed by atoms with E-state index in [2.05, 4.69) is 33.4 Å². The van der Waals surface area contributed by atoms with Crippen molar-refractivity contribution in [2.75, 3.05) is 19.6 Å². The number of aryl methyl sites for hydroxylation is 1. The van der Waals surface area contributed by atoms with Crippen molar-refractivity contribution in [1.29, 1.82) is 0 Å². The van der Waals surface area contributed by atoms with Crippen LogP contribution in [0.25, 0.3) is 0 Å². The van der Waals surface area contributed by atoms with Gasteiger partial charge in [-0.2, -0.15) is 5.10 Å². The predicted molar refractivity (Wildman–Crippen MR) is 101 cm³/mol. The van der Waals surface area contributed by atoms with Crippen LogP contribution < -0.4 is 5.32 Å². The Balaban J connectivity index is 0.00000192. The van der Waals surface area contributed by atoms with Gasteiger partial charge in [-0.3, -0.25) is 4.68 Å². The van der Waals surface area contributed by atoms with Crippen LogP contribution in [-0.4, -0.2) is 40.3 Å². The maximum Gasteiger partial charge on any atom is 0.194 e. The maximum atomic E-state index is 5.35. The van der Waals surface area contributed by atoms with Gasteiger partial charge in [-0.15, -0.1) is 24.0 Å². The lowest BCUT2D eigenvalue weighted by atomic mass is 10.0. The van der Waals surface area contributed by atoms with E-state index in [1.807, 2.05) is 30.1 Å². The van der Waals surface area contributed by atoms with E-state index in [4.69, 9.17) is 4.42 Å². The first-order valence-corrected chi connectivity index (χ1v) is 7.80. The zero-order chi connectivity index (χ0) is 15.4. The molecule has 0 amide bonds. The predicted octanol–water partition coefficient (Wildman–Crippen LogP) is 2.59. The quantitative estimate of drug-likeness (QED) is 0.461. The molecule has 1 atom stereocenters. The fourth-order valence-corrected chi connectivity index (χ4v) is 2.86. The van der Waals surface area contributed by atoms with Gasteiger partial charge in [-0.1, -0.05) is 0 Å². The minimum atomic E-state index is 0. The summed E-state index contributed by atoms with van der Waals surface area (Å²) < 4.78 is 7.22. The standard InChI is InChI=1S/C16H23N5O.HI/c1-3-17-16(18-10-15-5-4-8-22-15)21-7-6-13(12-21)14-9-19-20(2)11-14;/h4-5,8-9,11,13H,3,6-7,10,12H2,1-2H3,(H,17,18);1H. The SMILES string of the molecule is CCNC(=NCc1ccco1)N1CCC(c2cnn(C)c2)C1.I. The Morgan fingerprint density at radius 3 is 3.04 bits per heavy atom. The van der Waals surface area contributed by atoms with Crippen LogP contribution in [0.5, 0.6) is 0 Å². The van der Waals surface area contributed by atoms with Crippen molar-refractivity contribution >= 4 is 29.9 Å². The molecule has 6 nitrogen and oxygen atoms in total. The maximum absolute atomic E-state index is 5.35. The number of likely N-dealkylation sites (tertiary alicyclic amines) is 1. The average Bonchev–Trinajstić information content (AvgIpc) is 3.24. The molecule has 1 unspecified atom stereocenters. The third-order valence-corrected chi connectivity index (χ3v) is 3.98. The number of nitrogens with one attached hydrogen (secondary N) is 1. The number of aromatic nitrogens is 2. The molecule has 23 heavy (non-hydrogen) atoms. The van der Waals surface area contributed by atoms with Gasteiger partial charge >= 0.3 is 0 Å². The second-order valence-corrected chi connectivity index (χ2v) is 5.63. The number of furan rings is 1. The Labute approximate surface area is 154 Å². The summed E-state index contributed by atoms with van der Waals surface area (Å²) in [4.78, 5) is 7.01. The summed E-state index contributed by atoms with van der Waals surface area (Å²) in [6.45, 7) is 5.53. The Hall–Kier alpha value is -1.51. The third kappa shape index (κ3) is 4.49. The molecule has 1 N–H and O–H groups in total. The zero-order valence-electron chi connectivity index (χ0n) is 13.6. The van der Waals surface area contributed by atoms with E-state index in [9.17, 15) is 0 Å². The Bertz CT molecular complexity index is 622. The van der Waals surface area contributed by atoms with E-state index < -0.39 is 0 Å². The number of halogens is 1. The molecule has 126 valence electrons. The first-order chi connectivity index (χ1) is 10.8. The van der Waals surface area contributed by atoms with Crippen LogP contribution in [0.3, 0.4) is 0 Å². The lowest BCUT2D eigenvalue weighted by Crippen LogP contribution is -2.39. The zero-order valence-corrected chi connectivity index (χ0v) is 15.9. The second kappa shape index (κ2) is 8.37. The summed E-state index contributed by atoms with van der Waals surface area (Å²) in [5.41, 5.74) is 1.31. The smallest absolute Gasteiger partial charge is 0.194 e. The Kier molecular flexibility index (Phi) is 6.49. The van der Waals surface area contributed by atoms with Crippen LogP contribution in [0, 0.1) is 0 Å². The van der Waals surface area contributed by atoms with Gasteiger partial charge in [0, 0.05) is 38.8 Å². The number of hydrogen-bond acceptors (Lipinski definition) is 3. The molecule has 3 rings (SSSR count). The lowest BCUT2D eigenvalue weighted by molar-refractivity contribution is 0.477. The molecule has 3 heterocycles. The van der Waals surface area contributed by atoms with E-state index in [1.54, 1.807) is 6.26 Å². The fourth-order valence-electron chi connectivity index (χ4n) is 2.86. The monoisotopic (exact) mass is 429 g/mol. The average molecular weight is 429 g/mol. The van der Waals surface area contributed by atoms with Gasteiger partial charge in [-0.25, -0.2) is 4.99 Å². The van der Waals surface area contributed by atoms with E-state index in [0.29, 0.717) is 12.5 Å². The molecule has 0 aromatic carbocycles. The van der Waals surface area contributed by atoms with Crippen molar-refractivity contribution < 1.29 is 4.42 Å². The third-order valence-electron chi connectivity index (χ3n) is 3.98. The molecule has 1 fully saturated rings. The summed E-state index contributed by atoms with van der Waals surface area (Å²) in [6.07, 6.45) is 6.91. The second-order valence-electron chi connectivity index (χ2n) is 5.63. The summed E-state index contributed by atoms with van der Waals surface area (Å²) >= 11 is 0. The molecule has 0 radical (unpaired) electrons. The van der Waals surface area contributed by atoms with Crippen LogP contribution >= 0.6 is 24.0 Å². The van der Waals surface area contributed by atoms with Crippen LogP contribution in [0.2, 0.25) is 0 Å². The highest BCUT2D eigenvalue weighted by atomic mass is 127. The number of rotatable bonds is 4. The van der Waals surface area contributed by atoms with Crippen LogP contribution in [0.15, 0.2) is 40.2 Å². The van der Waals surface area contributed by atoms with E-state index in [0.717, 1.165) is 37.8 Å². The highest BCUT2D eigenvalue weighted by Crippen LogP contribution is 2.26. The number of nitrogens with zero attached hydrogens (tertiary/aromatic N) is 4. The first kappa shape index (κ1) is 17.8. The minimum Gasteiger partial charge on any atom is -0.467 e. The molecule has 0 saturated carbocycles. The molecule has 0 bridgehead atoms. The van der Waals surface area contributed by atoms with Gasteiger partial charge in [-0.05, 0) is 31.0 Å². The minimum absolute atomic E-state index is 0. The van der Waals surface area contributed by atoms with Crippen molar-refractivity contribution in [1.82, 2.24) is 20.0 Å². The Morgan fingerprint density at radius 1 is 1.52 bits per heavy atom. The molecule has 1 saturated heterocycles. The molecule has 0 aliphatic carbocycles. The molecular weight excluding hydrogens is 405 g/mol. The molecule has 2 aromatic heterocycles. The summed E-state index contributed by atoms with van der Waals surface area (Å²) in [7, 11) is 1.96. The molecule has 2 aromatic rings. The van der Waals surface area contributed by atoms with Gasteiger partial charge in [0.05, 0.1) is 12.5 Å².